The normalized spacial score (nSPS) is 29.0. The summed E-state index contributed by atoms with van der Waals surface area (Å²) in [6.45, 7) is 0. The summed E-state index contributed by atoms with van der Waals surface area (Å²) in [7, 11) is 0. The van der Waals surface area contributed by atoms with Crippen molar-refractivity contribution in [1.82, 2.24) is 9.78 Å². The Kier molecular flexibility index (Phi) is 4.12. The summed E-state index contributed by atoms with van der Waals surface area (Å²) in [6, 6.07) is 5.68. The van der Waals surface area contributed by atoms with Crippen molar-refractivity contribution in [3.63, 3.8) is 0 Å². The zero-order valence-corrected chi connectivity index (χ0v) is 16.2. The number of benzene rings is 1. The fourth-order valence-corrected chi connectivity index (χ4v) is 6.17. The number of carbonyl (C=O) groups is 1. The van der Waals surface area contributed by atoms with Gasteiger partial charge in [0.25, 0.3) is 11.6 Å². The predicted molar refractivity (Wildman–Crippen MR) is 106 cm³/mol. The first-order valence-electron chi connectivity index (χ1n) is 10.1. The highest BCUT2D eigenvalue weighted by atomic mass is 16.6. The minimum absolute atomic E-state index is 0.0221. The van der Waals surface area contributed by atoms with Crippen LogP contribution in [0.4, 0.5) is 17.1 Å². The summed E-state index contributed by atoms with van der Waals surface area (Å²) < 4.78 is 1.66. The molecule has 4 aliphatic carbocycles. The van der Waals surface area contributed by atoms with Crippen molar-refractivity contribution in [1.29, 1.82) is 0 Å². The summed E-state index contributed by atoms with van der Waals surface area (Å²) in [4.78, 5) is 34.5. The predicted octanol–water partition coefficient (Wildman–Crippen LogP) is 3.88. The summed E-state index contributed by atoms with van der Waals surface area (Å²) in [5.41, 5.74) is -1.26. The number of nitro benzene ring substituents is 1. The van der Waals surface area contributed by atoms with Crippen LogP contribution in [0.5, 0.6) is 0 Å². The average molecular weight is 411 g/mol. The Balaban J connectivity index is 1.49. The Morgan fingerprint density at radius 3 is 2.13 bits per heavy atom. The van der Waals surface area contributed by atoms with E-state index >= 15 is 0 Å². The lowest BCUT2D eigenvalue weighted by Crippen LogP contribution is -2.52. The highest BCUT2D eigenvalue weighted by Crippen LogP contribution is 2.58. The Labute approximate surface area is 171 Å². The largest absolute Gasteiger partial charge is 0.320 e. The van der Waals surface area contributed by atoms with Gasteiger partial charge in [-0.1, -0.05) is 12.1 Å². The number of rotatable bonds is 5. The molecule has 10 nitrogen and oxygen atoms in total. The SMILES string of the molecule is O=C(Nc1ccccc1[N+](=O)[O-])c1nn(C23CC4CC(CC(C4)C2)C3)cc1[N+](=O)[O-]. The van der Waals surface area contributed by atoms with Gasteiger partial charge in [-0.25, -0.2) is 0 Å². The molecule has 1 aromatic heterocycles. The number of nitro groups is 2. The first-order chi connectivity index (χ1) is 14.3. The van der Waals surface area contributed by atoms with E-state index in [1.165, 1.54) is 43.7 Å². The van der Waals surface area contributed by atoms with E-state index < -0.39 is 15.8 Å². The Bertz CT molecular complexity index is 1030. The lowest BCUT2D eigenvalue weighted by Gasteiger charge is -2.56. The summed E-state index contributed by atoms with van der Waals surface area (Å²) >= 11 is 0. The maximum atomic E-state index is 12.8. The summed E-state index contributed by atoms with van der Waals surface area (Å²) in [6.07, 6.45) is 7.82. The molecule has 1 N–H and O–H groups in total. The van der Waals surface area contributed by atoms with Crippen molar-refractivity contribution in [2.45, 2.75) is 44.1 Å². The van der Waals surface area contributed by atoms with E-state index in [0.717, 1.165) is 19.3 Å². The fraction of sp³-hybridized carbons (Fsp3) is 0.500. The molecule has 156 valence electrons. The second-order valence-electron chi connectivity index (χ2n) is 8.93. The molecule has 0 saturated heterocycles. The number of amides is 1. The maximum Gasteiger partial charge on any atom is 0.320 e. The molecular formula is C20H21N5O5. The molecule has 1 heterocycles. The third kappa shape index (κ3) is 2.94. The highest BCUT2D eigenvalue weighted by molar-refractivity contribution is 6.06. The lowest BCUT2D eigenvalue weighted by molar-refractivity contribution is -0.385. The van der Waals surface area contributed by atoms with Gasteiger partial charge in [-0.15, -0.1) is 0 Å². The van der Waals surface area contributed by atoms with Crippen LogP contribution in [0.1, 0.15) is 49.0 Å². The quantitative estimate of drug-likeness (QED) is 0.586. The molecule has 0 spiro atoms. The standard InChI is InChI=1S/C20H21N5O5/c26-19(21-15-3-1-2-4-16(15)24(27)28)18-17(25(29)30)11-23(22-18)20-8-12-5-13(9-20)7-14(6-12)10-20/h1-4,11-14H,5-10H2,(H,21,26). The van der Waals surface area contributed by atoms with Crippen molar-refractivity contribution < 1.29 is 14.6 Å². The van der Waals surface area contributed by atoms with Gasteiger partial charge in [0.05, 0.1) is 15.4 Å². The first-order valence-corrected chi connectivity index (χ1v) is 10.1. The van der Waals surface area contributed by atoms with Gasteiger partial charge >= 0.3 is 5.69 Å². The topological polar surface area (TPSA) is 133 Å². The Morgan fingerprint density at radius 1 is 1.00 bits per heavy atom. The minimum Gasteiger partial charge on any atom is -0.315 e. The van der Waals surface area contributed by atoms with E-state index in [1.54, 1.807) is 10.7 Å². The van der Waals surface area contributed by atoms with Crippen LogP contribution in [0.15, 0.2) is 30.5 Å². The number of nitrogens with zero attached hydrogens (tertiary/aromatic N) is 4. The minimum atomic E-state index is -0.820. The summed E-state index contributed by atoms with van der Waals surface area (Å²) in [5, 5.41) is 29.7. The molecule has 4 saturated carbocycles. The molecule has 30 heavy (non-hydrogen) atoms. The van der Waals surface area contributed by atoms with E-state index in [1.807, 2.05) is 0 Å². The number of hydrogen-bond acceptors (Lipinski definition) is 6. The van der Waals surface area contributed by atoms with E-state index in [0.29, 0.717) is 17.8 Å². The van der Waals surface area contributed by atoms with Gasteiger partial charge in [0.2, 0.25) is 5.69 Å². The number of anilines is 1. The van der Waals surface area contributed by atoms with Crippen molar-refractivity contribution in [2.24, 2.45) is 17.8 Å². The van der Waals surface area contributed by atoms with Crippen molar-refractivity contribution >= 4 is 23.0 Å². The number of nitrogens with one attached hydrogen (secondary N) is 1. The number of hydrogen-bond donors (Lipinski definition) is 1. The second-order valence-corrected chi connectivity index (χ2v) is 8.93. The Hall–Kier alpha value is -3.30. The maximum absolute atomic E-state index is 12.8. The van der Waals surface area contributed by atoms with Crippen LogP contribution in [0.3, 0.4) is 0 Å². The third-order valence-electron chi connectivity index (χ3n) is 6.95. The van der Waals surface area contributed by atoms with Gasteiger partial charge in [-0.2, -0.15) is 5.10 Å². The van der Waals surface area contributed by atoms with Gasteiger partial charge < -0.3 is 5.32 Å². The lowest BCUT2D eigenvalue weighted by atomic mass is 9.53. The Morgan fingerprint density at radius 2 is 1.57 bits per heavy atom. The van der Waals surface area contributed by atoms with Crippen molar-refractivity contribution in [3.05, 3.63) is 56.4 Å². The molecule has 4 bridgehead atoms. The zero-order valence-electron chi connectivity index (χ0n) is 16.2. The van der Waals surface area contributed by atoms with E-state index in [9.17, 15) is 25.0 Å². The van der Waals surface area contributed by atoms with Crippen LogP contribution in [0.25, 0.3) is 0 Å². The summed E-state index contributed by atoms with van der Waals surface area (Å²) in [5.74, 6) is 1.02. The molecule has 10 heteroatoms. The van der Waals surface area contributed by atoms with Crippen LogP contribution >= 0.6 is 0 Å². The third-order valence-corrected chi connectivity index (χ3v) is 6.95. The van der Waals surface area contributed by atoms with E-state index in [-0.39, 0.29) is 28.3 Å². The molecular weight excluding hydrogens is 390 g/mol. The fourth-order valence-electron chi connectivity index (χ4n) is 6.17. The van der Waals surface area contributed by atoms with Crippen molar-refractivity contribution in [3.8, 4) is 0 Å². The molecule has 1 amide bonds. The monoisotopic (exact) mass is 411 g/mol. The smallest absolute Gasteiger partial charge is 0.315 e. The van der Waals surface area contributed by atoms with Crippen LogP contribution in [0, 0.1) is 38.0 Å². The molecule has 0 atom stereocenters. The van der Waals surface area contributed by atoms with Crippen LogP contribution in [-0.4, -0.2) is 25.5 Å². The molecule has 0 radical (unpaired) electrons. The highest BCUT2D eigenvalue weighted by Gasteiger charge is 2.53. The van der Waals surface area contributed by atoms with Crippen molar-refractivity contribution in [2.75, 3.05) is 5.32 Å². The first kappa shape index (κ1) is 18.7. The van der Waals surface area contributed by atoms with Crippen LogP contribution < -0.4 is 5.32 Å². The molecule has 4 aliphatic rings. The van der Waals surface area contributed by atoms with E-state index in [4.69, 9.17) is 0 Å². The van der Waals surface area contributed by atoms with Gasteiger partial charge in [-0.3, -0.25) is 29.7 Å². The van der Waals surface area contributed by atoms with Gasteiger partial charge in [0, 0.05) is 6.07 Å². The van der Waals surface area contributed by atoms with Gasteiger partial charge in [0.1, 0.15) is 11.9 Å². The molecule has 1 aromatic carbocycles. The average Bonchev–Trinajstić information content (AvgIpc) is 3.14. The second kappa shape index (κ2) is 6.61. The van der Waals surface area contributed by atoms with Crippen LogP contribution in [-0.2, 0) is 5.54 Å². The molecule has 0 aliphatic heterocycles. The molecule has 4 fully saturated rings. The van der Waals surface area contributed by atoms with E-state index in [2.05, 4.69) is 10.4 Å². The van der Waals surface area contributed by atoms with Gasteiger partial charge in [0.15, 0.2) is 0 Å². The molecule has 0 unspecified atom stereocenters. The number of carbonyl (C=O) groups excluding carboxylic acids is 1. The number of aromatic nitrogens is 2. The van der Waals surface area contributed by atoms with Crippen LogP contribution in [0.2, 0.25) is 0 Å². The molecule has 6 rings (SSSR count). The number of para-hydroxylation sites is 2. The molecule has 2 aromatic rings. The van der Waals surface area contributed by atoms with Gasteiger partial charge in [-0.05, 0) is 62.3 Å². The zero-order chi connectivity index (χ0) is 21.0.